The highest BCUT2D eigenvalue weighted by atomic mass is 31.2. The number of ether oxygens (including phenoxy) is 2. The molecule has 55 heavy (non-hydrogen) atoms. The summed E-state index contributed by atoms with van der Waals surface area (Å²) >= 11 is 0. The number of hydrogen-bond donors (Lipinski definition) is 1. The van der Waals surface area contributed by atoms with Gasteiger partial charge in [-0.3, -0.25) is 18.6 Å². The normalized spacial score (nSPS) is 14.1. The molecule has 0 amide bonds. The molecule has 10 heteroatoms. The summed E-state index contributed by atoms with van der Waals surface area (Å²) in [5.74, 6) is -0.891. The zero-order valence-electron chi connectivity index (χ0n) is 35.1. The second-order valence-corrected chi connectivity index (χ2v) is 15.6. The largest absolute Gasteiger partial charge is 0.472 e. The third-order valence-corrected chi connectivity index (χ3v) is 9.47. The molecule has 0 aliphatic rings. The minimum absolute atomic E-state index is 0.00868. The molecule has 0 radical (unpaired) electrons. The first-order valence-corrected chi connectivity index (χ1v) is 22.7. The zero-order chi connectivity index (χ0) is 40.5. The Balaban J connectivity index is 4.45. The number of esters is 2. The predicted molar refractivity (Wildman–Crippen MR) is 229 cm³/mol. The lowest BCUT2D eigenvalue weighted by molar-refractivity contribution is -0.161. The van der Waals surface area contributed by atoms with Crippen LogP contribution in [0, 0.1) is 0 Å². The van der Waals surface area contributed by atoms with E-state index in [-0.39, 0.29) is 26.1 Å². The summed E-state index contributed by atoms with van der Waals surface area (Å²) in [4.78, 5) is 36.9. The van der Waals surface area contributed by atoms with Crippen LogP contribution in [0.2, 0.25) is 0 Å². The van der Waals surface area contributed by atoms with Crippen molar-refractivity contribution in [3.63, 3.8) is 0 Å². The Morgan fingerprint density at radius 1 is 0.564 bits per heavy atom. The Hall–Kier alpha value is -2.55. The first-order chi connectivity index (χ1) is 26.7. The van der Waals surface area contributed by atoms with E-state index in [0.29, 0.717) is 25.8 Å². The van der Waals surface area contributed by atoms with Crippen LogP contribution >= 0.6 is 7.82 Å². The van der Waals surface area contributed by atoms with Gasteiger partial charge in [-0.2, -0.15) is 0 Å². The quantitative estimate of drug-likeness (QED) is 0.0283. The van der Waals surface area contributed by atoms with E-state index in [9.17, 15) is 19.0 Å². The molecule has 2 atom stereocenters. The molecule has 0 saturated heterocycles. The van der Waals surface area contributed by atoms with Crippen LogP contribution in [0.25, 0.3) is 0 Å². The van der Waals surface area contributed by atoms with Gasteiger partial charge >= 0.3 is 19.8 Å². The van der Waals surface area contributed by atoms with Gasteiger partial charge in [0.15, 0.2) is 6.10 Å². The van der Waals surface area contributed by atoms with Gasteiger partial charge in [0.2, 0.25) is 0 Å². The minimum atomic E-state index is -4.38. The van der Waals surface area contributed by atoms with Gasteiger partial charge in [-0.25, -0.2) is 4.57 Å². The van der Waals surface area contributed by atoms with Crippen molar-refractivity contribution >= 4 is 19.8 Å². The van der Waals surface area contributed by atoms with Crippen molar-refractivity contribution in [1.82, 2.24) is 4.90 Å². The number of phosphoric ester groups is 1. The monoisotopic (exact) mass is 792 g/mol. The molecule has 0 rings (SSSR count). The second kappa shape index (κ2) is 39.7. The molecule has 0 aliphatic heterocycles. The first kappa shape index (κ1) is 52.5. The fraction of sp³-hybridized carbons (Fsp3) is 0.689. The summed E-state index contributed by atoms with van der Waals surface area (Å²) in [5.41, 5.74) is 0. The van der Waals surface area contributed by atoms with Crippen molar-refractivity contribution < 1.29 is 37.6 Å². The molecule has 0 bridgehead atoms. The number of rotatable bonds is 38. The molecule has 0 aromatic heterocycles. The van der Waals surface area contributed by atoms with Crippen LogP contribution in [0.5, 0.6) is 0 Å². The van der Waals surface area contributed by atoms with E-state index >= 15 is 0 Å². The fourth-order valence-corrected chi connectivity index (χ4v) is 5.92. The van der Waals surface area contributed by atoms with Crippen LogP contribution in [-0.2, 0) is 32.7 Å². The summed E-state index contributed by atoms with van der Waals surface area (Å²) in [7, 11) is -0.754. The van der Waals surface area contributed by atoms with Crippen molar-refractivity contribution in [2.45, 2.75) is 161 Å². The van der Waals surface area contributed by atoms with E-state index in [0.717, 1.165) is 57.8 Å². The summed E-state index contributed by atoms with van der Waals surface area (Å²) < 4.78 is 33.4. The van der Waals surface area contributed by atoms with Crippen molar-refractivity contribution in [3.8, 4) is 0 Å². The maximum Gasteiger partial charge on any atom is 0.472 e. The SMILES string of the molecule is CCCCC/C=C\C/C=C\C/C=C\C/C=C\CCCC(=O)OC(COC(=O)CCCCCCC/C=C\C/C=C\CCCCC)COP(=O)(O)OCCN(C)C. The van der Waals surface area contributed by atoms with Crippen LogP contribution in [0.15, 0.2) is 72.9 Å². The molecule has 0 saturated carbocycles. The topological polar surface area (TPSA) is 112 Å². The Morgan fingerprint density at radius 3 is 1.51 bits per heavy atom. The molecule has 0 fully saturated rings. The summed E-state index contributed by atoms with van der Waals surface area (Å²) in [5, 5.41) is 0. The Bertz CT molecular complexity index is 1140. The maximum atomic E-state index is 12.6. The predicted octanol–water partition coefficient (Wildman–Crippen LogP) is 12.1. The number of hydrogen-bond acceptors (Lipinski definition) is 8. The van der Waals surface area contributed by atoms with E-state index in [4.69, 9.17) is 18.5 Å². The summed E-state index contributed by atoms with van der Waals surface area (Å²) in [6, 6.07) is 0. The van der Waals surface area contributed by atoms with Crippen molar-refractivity contribution in [1.29, 1.82) is 0 Å². The highest BCUT2D eigenvalue weighted by Gasteiger charge is 2.26. The standard InChI is InChI=1S/C45H78NO8P/c1-5-7-9-11-13-15-17-19-21-22-24-26-28-30-32-34-36-38-45(48)54-43(42-53-55(49,50)52-40-39-46(3)4)41-51-44(47)37-35-33-31-29-27-25-23-20-18-16-14-12-10-8-6-2/h13-16,19-21,23-24,26,30,32,43H,5-12,17-18,22,25,27-29,31,33-42H2,1-4H3,(H,49,50)/b15-13-,16-14-,21-19-,23-20-,26-24-,32-30-. The number of allylic oxidation sites excluding steroid dienone is 12. The number of nitrogens with zero attached hydrogens (tertiary/aromatic N) is 1. The number of carbonyl (C=O) groups is 2. The third-order valence-electron chi connectivity index (χ3n) is 8.49. The van der Waals surface area contributed by atoms with Gasteiger partial charge in [0.05, 0.1) is 13.2 Å². The molecule has 0 heterocycles. The van der Waals surface area contributed by atoms with Crippen LogP contribution < -0.4 is 0 Å². The van der Waals surface area contributed by atoms with Gasteiger partial charge in [-0.05, 0) is 97.6 Å². The van der Waals surface area contributed by atoms with Gasteiger partial charge < -0.3 is 19.3 Å². The third kappa shape index (κ3) is 40.9. The Labute approximate surface area is 336 Å². The lowest BCUT2D eigenvalue weighted by Crippen LogP contribution is -2.29. The van der Waals surface area contributed by atoms with Crippen LogP contribution in [-0.4, -0.2) is 68.3 Å². The molecule has 0 aliphatic carbocycles. The summed E-state index contributed by atoms with van der Waals surface area (Å²) in [6.45, 7) is 4.17. The van der Waals surface area contributed by atoms with Gasteiger partial charge in [-0.1, -0.05) is 132 Å². The zero-order valence-corrected chi connectivity index (χ0v) is 36.0. The van der Waals surface area contributed by atoms with E-state index in [1.807, 2.05) is 20.2 Å². The van der Waals surface area contributed by atoms with E-state index in [2.05, 4.69) is 80.7 Å². The average molecular weight is 792 g/mol. The molecule has 0 aromatic carbocycles. The van der Waals surface area contributed by atoms with Crippen molar-refractivity contribution in [2.24, 2.45) is 0 Å². The lowest BCUT2D eigenvalue weighted by Gasteiger charge is -2.20. The van der Waals surface area contributed by atoms with Crippen LogP contribution in [0.1, 0.15) is 155 Å². The number of carbonyl (C=O) groups excluding carboxylic acids is 2. The van der Waals surface area contributed by atoms with Gasteiger partial charge in [0, 0.05) is 19.4 Å². The molecule has 9 nitrogen and oxygen atoms in total. The minimum Gasteiger partial charge on any atom is -0.462 e. The number of phosphoric acid groups is 1. The van der Waals surface area contributed by atoms with Crippen LogP contribution in [0.4, 0.5) is 0 Å². The maximum absolute atomic E-state index is 12.6. The summed E-state index contributed by atoms with van der Waals surface area (Å²) in [6.07, 6.45) is 46.6. The van der Waals surface area contributed by atoms with Gasteiger partial charge in [0.25, 0.3) is 0 Å². The number of likely N-dealkylation sites (N-methyl/N-ethyl adjacent to an activating group) is 1. The first-order valence-electron chi connectivity index (χ1n) is 21.2. The van der Waals surface area contributed by atoms with E-state index < -0.39 is 32.5 Å². The molecular weight excluding hydrogens is 713 g/mol. The van der Waals surface area contributed by atoms with Crippen molar-refractivity contribution in [2.75, 3.05) is 40.5 Å². The molecule has 0 spiro atoms. The number of unbranched alkanes of at least 4 members (excludes halogenated alkanes) is 12. The molecule has 316 valence electrons. The van der Waals surface area contributed by atoms with Gasteiger partial charge in [-0.15, -0.1) is 0 Å². The average Bonchev–Trinajstić information content (AvgIpc) is 3.15. The lowest BCUT2D eigenvalue weighted by atomic mass is 10.1. The highest BCUT2D eigenvalue weighted by molar-refractivity contribution is 7.47. The van der Waals surface area contributed by atoms with E-state index in [1.165, 1.54) is 51.4 Å². The van der Waals surface area contributed by atoms with E-state index in [1.54, 1.807) is 4.90 Å². The Morgan fingerprint density at radius 2 is 1.00 bits per heavy atom. The molecule has 2 unspecified atom stereocenters. The molecule has 0 aromatic rings. The molecular formula is C45H78NO8P. The fourth-order valence-electron chi connectivity index (χ4n) is 5.18. The molecule has 1 N–H and O–H groups in total. The Kier molecular flexibility index (Phi) is 37.8. The van der Waals surface area contributed by atoms with Gasteiger partial charge in [0.1, 0.15) is 6.61 Å². The van der Waals surface area contributed by atoms with Crippen LogP contribution in [0.3, 0.4) is 0 Å². The van der Waals surface area contributed by atoms with Crippen molar-refractivity contribution in [3.05, 3.63) is 72.9 Å². The second-order valence-electron chi connectivity index (χ2n) is 14.2. The highest BCUT2D eigenvalue weighted by Crippen LogP contribution is 2.43. The smallest absolute Gasteiger partial charge is 0.462 e.